The minimum absolute atomic E-state index is 0.0344. The predicted molar refractivity (Wildman–Crippen MR) is 161 cm³/mol. The van der Waals surface area contributed by atoms with E-state index < -0.39 is 28.5 Å². The SMILES string of the molecule is CCCNC(=O)[C@@H](Cc1ccccc1)N(Cc1cccc(Br)c1)C(=O)CN(c1ccc2c(c1)OCO2)S(=O)(=O)CC. The highest BCUT2D eigenvalue weighted by Crippen LogP contribution is 2.36. The molecule has 1 aliphatic heterocycles. The number of nitrogens with zero attached hydrogens (tertiary/aromatic N) is 2. The van der Waals surface area contributed by atoms with E-state index in [1.807, 2.05) is 61.5 Å². The van der Waals surface area contributed by atoms with Gasteiger partial charge in [-0.1, -0.05) is 65.3 Å². The Morgan fingerprint density at radius 1 is 0.951 bits per heavy atom. The van der Waals surface area contributed by atoms with Gasteiger partial charge >= 0.3 is 0 Å². The van der Waals surface area contributed by atoms with E-state index in [4.69, 9.17) is 9.47 Å². The predicted octanol–water partition coefficient (Wildman–Crippen LogP) is 4.50. The molecule has 0 aromatic heterocycles. The molecule has 9 nitrogen and oxygen atoms in total. The van der Waals surface area contributed by atoms with Gasteiger partial charge in [-0.15, -0.1) is 0 Å². The lowest BCUT2D eigenvalue weighted by atomic mass is 10.0. The second-order valence-corrected chi connectivity index (χ2v) is 12.7. The third-order valence-electron chi connectivity index (χ3n) is 6.69. The van der Waals surface area contributed by atoms with E-state index in [1.165, 1.54) is 11.8 Å². The molecule has 1 aliphatic rings. The maximum atomic E-state index is 14.2. The highest BCUT2D eigenvalue weighted by Gasteiger charge is 2.34. The van der Waals surface area contributed by atoms with Crippen LogP contribution in [0.5, 0.6) is 11.5 Å². The molecule has 2 amide bonds. The van der Waals surface area contributed by atoms with E-state index in [9.17, 15) is 18.0 Å². The number of anilines is 1. The average Bonchev–Trinajstić information content (AvgIpc) is 3.45. The van der Waals surface area contributed by atoms with E-state index in [1.54, 1.807) is 18.2 Å². The van der Waals surface area contributed by atoms with Crippen LogP contribution in [0.3, 0.4) is 0 Å². The fourth-order valence-corrected chi connectivity index (χ4v) is 6.01. The van der Waals surface area contributed by atoms with Crippen molar-refractivity contribution in [3.63, 3.8) is 0 Å². The van der Waals surface area contributed by atoms with Crippen LogP contribution in [0, 0.1) is 0 Å². The minimum atomic E-state index is -3.88. The molecule has 1 N–H and O–H groups in total. The van der Waals surface area contributed by atoms with E-state index in [0.717, 1.165) is 26.3 Å². The Morgan fingerprint density at radius 2 is 1.68 bits per heavy atom. The summed E-state index contributed by atoms with van der Waals surface area (Å²) in [4.78, 5) is 29.2. The molecule has 0 saturated carbocycles. The molecule has 0 bridgehead atoms. The second-order valence-electron chi connectivity index (χ2n) is 9.59. The number of carbonyl (C=O) groups excluding carboxylic acids is 2. The van der Waals surface area contributed by atoms with Gasteiger partial charge in [-0.2, -0.15) is 0 Å². The smallest absolute Gasteiger partial charge is 0.244 e. The van der Waals surface area contributed by atoms with Crippen LogP contribution in [0.2, 0.25) is 0 Å². The molecule has 0 spiro atoms. The van der Waals surface area contributed by atoms with Gasteiger partial charge in [-0.25, -0.2) is 8.42 Å². The molecule has 218 valence electrons. The average molecular weight is 645 g/mol. The number of sulfonamides is 1. The van der Waals surface area contributed by atoms with Gasteiger partial charge in [0.05, 0.1) is 11.4 Å². The number of rotatable bonds is 13. The summed E-state index contributed by atoms with van der Waals surface area (Å²) in [6.45, 7) is 3.58. The van der Waals surface area contributed by atoms with Gasteiger partial charge in [0.1, 0.15) is 12.6 Å². The maximum Gasteiger partial charge on any atom is 0.244 e. The van der Waals surface area contributed by atoms with Crippen LogP contribution in [0.4, 0.5) is 5.69 Å². The first-order valence-electron chi connectivity index (χ1n) is 13.5. The lowest BCUT2D eigenvalue weighted by Crippen LogP contribution is -2.53. The van der Waals surface area contributed by atoms with Crippen LogP contribution in [-0.2, 0) is 32.6 Å². The zero-order chi connectivity index (χ0) is 29.4. The molecular weight excluding hydrogens is 610 g/mol. The molecule has 11 heteroatoms. The summed E-state index contributed by atoms with van der Waals surface area (Å²) in [5.41, 5.74) is 1.95. The lowest BCUT2D eigenvalue weighted by molar-refractivity contribution is -0.140. The third kappa shape index (κ3) is 7.80. The van der Waals surface area contributed by atoms with Crippen LogP contribution in [0.1, 0.15) is 31.4 Å². The molecule has 4 rings (SSSR count). The topological polar surface area (TPSA) is 105 Å². The first-order chi connectivity index (χ1) is 19.7. The highest BCUT2D eigenvalue weighted by molar-refractivity contribution is 9.10. The number of fused-ring (bicyclic) bond motifs is 1. The van der Waals surface area contributed by atoms with Crippen molar-refractivity contribution >= 4 is 43.5 Å². The Morgan fingerprint density at radius 3 is 2.39 bits per heavy atom. The second kappa shape index (κ2) is 13.9. The van der Waals surface area contributed by atoms with Crippen LogP contribution in [0.15, 0.2) is 77.3 Å². The molecule has 0 radical (unpaired) electrons. The van der Waals surface area contributed by atoms with Crippen LogP contribution in [-0.4, -0.2) is 56.8 Å². The number of ether oxygens (including phenoxy) is 2. The fraction of sp³-hybridized carbons (Fsp3) is 0.333. The van der Waals surface area contributed by atoms with Crippen LogP contribution in [0.25, 0.3) is 0 Å². The van der Waals surface area contributed by atoms with Gasteiger partial charge in [-0.3, -0.25) is 13.9 Å². The fourth-order valence-electron chi connectivity index (χ4n) is 4.51. The van der Waals surface area contributed by atoms with Crippen molar-refractivity contribution in [3.05, 3.63) is 88.4 Å². The van der Waals surface area contributed by atoms with E-state index >= 15 is 0 Å². The Bertz CT molecular complexity index is 1470. The molecule has 1 atom stereocenters. The first-order valence-corrected chi connectivity index (χ1v) is 15.9. The molecule has 0 fully saturated rings. The van der Waals surface area contributed by atoms with Gasteiger partial charge in [0.15, 0.2) is 11.5 Å². The lowest BCUT2D eigenvalue weighted by Gasteiger charge is -2.33. The molecule has 41 heavy (non-hydrogen) atoms. The quantitative estimate of drug-likeness (QED) is 0.294. The number of benzene rings is 3. The Labute approximate surface area is 249 Å². The summed E-state index contributed by atoms with van der Waals surface area (Å²) in [5.74, 6) is -0.122. The summed E-state index contributed by atoms with van der Waals surface area (Å²) in [7, 11) is -3.88. The van der Waals surface area contributed by atoms with Crippen molar-refractivity contribution in [2.75, 3.05) is 29.9 Å². The molecule has 3 aromatic carbocycles. The molecular formula is C30H34BrN3O6S. The summed E-state index contributed by atoms with van der Waals surface area (Å²) < 4.78 is 39.3. The van der Waals surface area contributed by atoms with Crippen molar-refractivity contribution in [1.29, 1.82) is 0 Å². The highest BCUT2D eigenvalue weighted by atomic mass is 79.9. The van der Waals surface area contributed by atoms with Gasteiger partial charge in [-0.05, 0) is 48.7 Å². The van der Waals surface area contributed by atoms with E-state index in [2.05, 4.69) is 21.2 Å². The van der Waals surface area contributed by atoms with Crippen LogP contribution >= 0.6 is 15.9 Å². The Hall–Kier alpha value is -3.57. The van der Waals surface area contributed by atoms with Gasteiger partial charge in [0.2, 0.25) is 28.6 Å². The van der Waals surface area contributed by atoms with Gasteiger partial charge in [0.25, 0.3) is 0 Å². The zero-order valence-electron chi connectivity index (χ0n) is 23.1. The zero-order valence-corrected chi connectivity index (χ0v) is 25.5. The van der Waals surface area contributed by atoms with Crippen molar-refractivity contribution in [2.45, 2.75) is 39.3 Å². The Balaban J connectivity index is 1.73. The third-order valence-corrected chi connectivity index (χ3v) is 8.92. The maximum absolute atomic E-state index is 14.2. The van der Waals surface area contributed by atoms with Gasteiger partial charge in [0, 0.05) is 30.0 Å². The first kappa shape index (κ1) is 30.4. The number of halogens is 1. The molecule has 0 unspecified atom stereocenters. The number of amides is 2. The van der Waals surface area contributed by atoms with E-state index in [-0.39, 0.29) is 37.1 Å². The Kier molecular flexibility index (Phi) is 10.3. The van der Waals surface area contributed by atoms with Crippen molar-refractivity contribution in [1.82, 2.24) is 10.2 Å². The summed E-state index contributed by atoms with van der Waals surface area (Å²) in [5, 5.41) is 2.94. The molecule has 0 saturated heterocycles. The molecule has 3 aromatic rings. The minimum Gasteiger partial charge on any atom is -0.454 e. The largest absolute Gasteiger partial charge is 0.454 e. The summed E-state index contributed by atoms with van der Waals surface area (Å²) in [6, 6.07) is 20.8. The van der Waals surface area contributed by atoms with Crippen molar-refractivity contribution in [3.8, 4) is 11.5 Å². The number of hydrogen-bond donors (Lipinski definition) is 1. The summed E-state index contributed by atoms with van der Waals surface area (Å²) >= 11 is 3.48. The normalized spacial score (nSPS) is 13.0. The monoisotopic (exact) mass is 643 g/mol. The standard InChI is InChI=1S/C30H34BrN3O6S/c1-3-15-32-30(36)26(17-22-9-6-5-7-10-22)33(19-23-11-8-12-24(31)16-23)29(35)20-34(41(37,38)4-2)25-13-14-27-28(18-25)40-21-39-27/h5-14,16,18,26H,3-4,15,17,19-21H2,1-2H3,(H,32,36)/t26-/m1/s1. The summed E-state index contributed by atoms with van der Waals surface area (Å²) in [6.07, 6.45) is 0.997. The number of nitrogens with one attached hydrogen (secondary N) is 1. The number of carbonyl (C=O) groups is 2. The van der Waals surface area contributed by atoms with Crippen molar-refractivity contribution < 1.29 is 27.5 Å². The molecule has 1 heterocycles. The number of hydrogen-bond acceptors (Lipinski definition) is 6. The van der Waals surface area contributed by atoms with Crippen molar-refractivity contribution in [2.24, 2.45) is 0 Å². The van der Waals surface area contributed by atoms with Gasteiger partial charge < -0.3 is 19.7 Å². The van der Waals surface area contributed by atoms with E-state index in [0.29, 0.717) is 18.0 Å². The van der Waals surface area contributed by atoms with Crippen LogP contribution < -0.4 is 19.1 Å². The molecule has 0 aliphatic carbocycles.